The predicted octanol–water partition coefficient (Wildman–Crippen LogP) is -0.827. The molecule has 0 atom stereocenters. The number of rotatable bonds is 3. The normalized spacial score (nSPS) is 21.2. The summed E-state index contributed by atoms with van der Waals surface area (Å²) >= 11 is 0. The Morgan fingerprint density at radius 1 is 1.12 bits per heavy atom. The van der Waals surface area contributed by atoms with Crippen molar-refractivity contribution < 1.29 is 23.2 Å². The van der Waals surface area contributed by atoms with Crippen LogP contribution in [0.15, 0.2) is 10.6 Å². The summed E-state index contributed by atoms with van der Waals surface area (Å²) in [6, 6.07) is 0. The minimum absolute atomic E-state index is 0.703. The van der Waals surface area contributed by atoms with Crippen LogP contribution in [0.3, 0.4) is 0 Å². The molecule has 1 aliphatic rings. The zero-order valence-corrected chi connectivity index (χ0v) is 9.04. The lowest BCUT2D eigenvalue weighted by molar-refractivity contribution is -0.777. The van der Waals surface area contributed by atoms with E-state index in [4.69, 9.17) is 0 Å². The molecule has 11 nitrogen and oxygen atoms in total. The smallest absolute Gasteiger partial charge is 0.258 e. The molecule has 0 bridgehead atoms. The number of hydrogen-bond acceptors (Lipinski definition) is 8. The van der Waals surface area contributed by atoms with Crippen molar-refractivity contribution in [2.75, 3.05) is 5.75 Å². The topological polar surface area (TPSA) is 164 Å². The van der Waals surface area contributed by atoms with Crippen LogP contribution in [-0.4, -0.2) is 34.6 Å². The third-order valence-electron chi connectivity index (χ3n) is 2.38. The SMILES string of the molecule is CC1=C([N+](=O)[O-])S(=O)(=O)CC1([N+](=O)[O-])[N+](=O)[O-]. The Bertz CT molecular complexity index is 546. The van der Waals surface area contributed by atoms with Gasteiger partial charge in [-0.25, -0.2) is 8.42 Å². The van der Waals surface area contributed by atoms with Gasteiger partial charge in [0.05, 0.1) is 4.92 Å². The van der Waals surface area contributed by atoms with E-state index in [1.165, 1.54) is 0 Å². The van der Waals surface area contributed by atoms with Gasteiger partial charge in [0.2, 0.25) is 5.75 Å². The van der Waals surface area contributed by atoms with Gasteiger partial charge >= 0.3 is 10.7 Å². The average Bonchev–Trinajstić information content (AvgIpc) is 2.33. The van der Waals surface area contributed by atoms with Gasteiger partial charge in [0.15, 0.2) is 5.57 Å². The number of nitro groups is 3. The molecule has 0 fully saturated rings. The van der Waals surface area contributed by atoms with E-state index in [9.17, 15) is 38.8 Å². The third kappa shape index (κ3) is 1.52. The molecule has 0 saturated heterocycles. The maximum atomic E-state index is 11.3. The van der Waals surface area contributed by atoms with E-state index >= 15 is 0 Å². The quantitative estimate of drug-likeness (QED) is 0.363. The van der Waals surface area contributed by atoms with Gasteiger partial charge in [-0.1, -0.05) is 0 Å². The first-order valence-electron chi connectivity index (χ1n) is 3.95. The Kier molecular flexibility index (Phi) is 2.62. The van der Waals surface area contributed by atoms with Crippen LogP contribution in [0, 0.1) is 30.3 Å². The fourth-order valence-electron chi connectivity index (χ4n) is 1.54. The lowest BCUT2D eigenvalue weighted by Gasteiger charge is -2.09. The van der Waals surface area contributed by atoms with Gasteiger partial charge < -0.3 is 0 Å². The highest BCUT2D eigenvalue weighted by atomic mass is 32.2. The molecule has 0 aliphatic carbocycles. The molecule has 12 heteroatoms. The predicted molar refractivity (Wildman–Crippen MR) is 50.2 cm³/mol. The van der Waals surface area contributed by atoms with E-state index in [1.807, 2.05) is 0 Å². The molecule has 0 spiro atoms. The zero-order valence-electron chi connectivity index (χ0n) is 8.22. The highest BCUT2D eigenvalue weighted by Gasteiger charge is 2.72. The molecule has 0 radical (unpaired) electrons. The maximum absolute atomic E-state index is 11.3. The van der Waals surface area contributed by atoms with Crippen molar-refractivity contribution >= 4 is 9.84 Å². The molecule has 17 heavy (non-hydrogen) atoms. The van der Waals surface area contributed by atoms with E-state index in [-0.39, 0.29) is 0 Å². The summed E-state index contributed by atoms with van der Waals surface area (Å²) in [6.07, 6.45) is 0. The van der Waals surface area contributed by atoms with Gasteiger partial charge in [-0.15, -0.1) is 0 Å². The van der Waals surface area contributed by atoms with E-state index in [1.54, 1.807) is 0 Å². The van der Waals surface area contributed by atoms with Gasteiger partial charge in [0.1, 0.15) is 9.85 Å². The number of hydrogen-bond donors (Lipinski definition) is 0. The van der Waals surface area contributed by atoms with Crippen LogP contribution in [0.4, 0.5) is 0 Å². The van der Waals surface area contributed by atoms with Gasteiger partial charge in [-0.3, -0.25) is 30.3 Å². The van der Waals surface area contributed by atoms with Crippen LogP contribution in [0.25, 0.3) is 0 Å². The molecular formula is C5H5N3O8S. The Balaban J connectivity index is 3.70. The molecular weight excluding hydrogens is 262 g/mol. The second-order valence-electron chi connectivity index (χ2n) is 3.28. The molecule has 1 aliphatic heterocycles. The molecule has 0 amide bonds. The van der Waals surface area contributed by atoms with Crippen molar-refractivity contribution in [2.24, 2.45) is 0 Å². The number of nitrogens with zero attached hydrogens (tertiary/aromatic N) is 3. The van der Waals surface area contributed by atoms with E-state index < -0.39 is 46.6 Å². The fraction of sp³-hybridized carbons (Fsp3) is 0.600. The third-order valence-corrected chi connectivity index (χ3v) is 4.20. The minimum Gasteiger partial charge on any atom is -0.258 e. The summed E-state index contributed by atoms with van der Waals surface area (Å²) in [7, 11) is -4.64. The maximum Gasteiger partial charge on any atom is 0.502 e. The highest BCUT2D eigenvalue weighted by Crippen LogP contribution is 2.36. The van der Waals surface area contributed by atoms with Crippen molar-refractivity contribution in [3.8, 4) is 0 Å². The van der Waals surface area contributed by atoms with Crippen molar-refractivity contribution in [2.45, 2.75) is 12.6 Å². The van der Waals surface area contributed by atoms with Gasteiger partial charge in [0.25, 0.3) is 9.84 Å². The molecule has 1 rings (SSSR count). The van der Waals surface area contributed by atoms with Crippen molar-refractivity contribution in [1.29, 1.82) is 0 Å². The van der Waals surface area contributed by atoms with E-state index in [0.29, 0.717) is 6.92 Å². The van der Waals surface area contributed by atoms with Crippen molar-refractivity contribution in [1.82, 2.24) is 0 Å². The molecule has 0 N–H and O–H groups in total. The summed E-state index contributed by atoms with van der Waals surface area (Å²) in [5.41, 5.74) is -4.15. The van der Waals surface area contributed by atoms with Crippen LogP contribution >= 0.6 is 0 Å². The van der Waals surface area contributed by atoms with Crippen LogP contribution in [0.1, 0.15) is 6.92 Å². The summed E-state index contributed by atoms with van der Waals surface area (Å²) in [5.74, 6) is -1.54. The van der Waals surface area contributed by atoms with E-state index in [2.05, 4.69) is 0 Å². The summed E-state index contributed by atoms with van der Waals surface area (Å²) in [5, 5.41) is 30.4. The zero-order chi connectivity index (χ0) is 13.6. The summed E-state index contributed by atoms with van der Waals surface area (Å²) in [6.45, 7) is 0.703. The largest absolute Gasteiger partial charge is 0.502 e. The van der Waals surface area contributed by atoms with Crippen LogP contribution < -0.4 is 0 Å². The second kappa shape index (κ2) is 3.44. The first-order chi connectivity index (χ1) is 7.57. The molecule has 0 aromatic rings. The molecule has 0 aromatic heterocycles. The summed E-state index contributed by atoms with van der Waals surface area (Å²) in [4.78, 5) is 27.6. The van der Waals surface area contributed by atoms with Gasteiger partial charge in [-0.2, -0.15) is 0 Å². The summed E-state index contributed by atoms with van der Waals surface area (Å²) < 4.78 is 22.7. The van der Waals surface area contributed by atoms with Crippen molar-refractivity contribution in [3.05, 3.63) is 40.9 Å². The molecule has 0 aromatic carbocycles. The van der Waals surface area contributed by atoms with Crippen LogP contribution in [0.2, 0.25) is 0 Å². The Hall–Kier alpha value is -2.11. The Morgan fingerprint density at radius 2 is 1.53 bits per heavy atom. The second-order valence-corrected chi connectivity index (χ2v) is 5.18. The molecule has 1 heterocycles. The molecule has 0 saturated carbocycles. The van der Waals surface area contributed by atoms with Crippen molar-refractivity contribution in [3.63, 3.8) is 0 Å². The lowest BCUT2D eigenvalue weighted by atomic mass is 10.1. The first kappa shape index (κ1) is 13.0. The lowest BCUT2D eigenvalue weighted by Crippen LogP contribution is -2.49. The fourth-order valence-corrected chi connectivity index (χ4v) is 3.49. The highest BCUT2D eigenvalue weighted by molar-refractivity contribution is 7.95. The minimum atomic E-state index is -4.64. The number of sulfone groups is 1. The Labute approximate surface area is 93.1 Å². The van der Waals surface area contributed by atoms with Gasteiger partial charge in [-0.05, 0) is 6.92 Å². The van der Waals surface area contributed by atoms with Crippen LogP contribution in [-0.2, 0) is 9.84 Å². The van der Waals surface area contributed by atoms with Gasteiger partial charge in [0, 0.05) is 0 Å². The van der Waals surface area contributed by atoms with E-state index in [0.717, 1.165) is 0 Å². The molecule has 0 unspecified atom stereocenters. The standard InChI is InChI=1S/C5H5N3O8S/c1-3-4(6(9)10)17(15,16)2-5(3,7(11)12)8(13)14/h2H2,1H3. The first-order valence-corrected chi connectivity index (χ1v) is 5.60. The average molecular weight is 267 g/mol. The molecule has 94 valence electrons. The Morgan fingerprint density at radius 3 is 1.71 bits per heavy atom. The monoisotopic (exact) mass is 267 g/mol. The van der Waals surface area contributed by atoms with Crippen LogP contribution in [0.5, 0.6) is 0 Å².